The number of sulfonamides is 1. The third-order valence-electron chi connectivity index (χ3n) is 4.69. The van der Waals surface area contributed by atoms with E-state index >= 15 is 0 Å². The molecule has 32 heavy (non-hydrogen) atoms. The highest BCUT2D eigenvalue weighted by molar-refractivity contribution is 7.90. The molecule has 0 unspecified atom stereocenters. The summed E-state index contributed by atoms with van der Waals surface area (Å²) in [6.07, 6.45) is 8.77. The summed E-state index contributed by atoms with van der Waals surface area (Å²) in [6, 6.07) is 25.3. The van der Waals surface area contributed by atoms with E-state index in [1.165, 1.54) is 6.07 Å². The molecule has 0 aliphatic carbocycles. The number of rotatable bonds is 6. The summed E-state index contributed by atoms with van der Waals surface area (Å²) in [6.45, 7) is 0. The minimum absolute atomic E-state index is 0.0651. The monoisotopic (exact) mass is 458 g/mol. The lowest BCUT2D eigenvalue weighted by molar-refractivity contribution is 0.599. The van der Waals surface area contributed by atoms with Crippen molar-refractivity contribution in [3.63, 3.8) is 0 Å². The van der Waals surface area contributed by atoms with Gasteiger partial charge < -0.3 is 0 Å². The van der Waals surface area contributed by atoms with Gasteiger partial charge in [0.05, 0.1) is 11.2 Å². The number of hydrogen-bond acceptors (Lipinski definition) is 3. The number of allylic oxidation sites excluding steroid dienone is 3. The van der Waals surface area contributed by atoms with Crippen molar-refractivity contribution in [1.29, 1.82) is 0 Å². The van der Waals surface area contributed by atoms with Crippen LogP contribution in [0.2, 0.25) is 5.02 Å². The van der Waals surface area contributed by atoms with E-state index in [2.05, 4.69) is 9.38 Å². The molecule has 0 aliphatic rings. The van der Waals surface area contributed by atoms with Crippen LogP contribution < -0.4 is 0 Å². The Morgan fingerprint density at radius 3 is 2.38 bits per heavy atom. The Bertz CT molecular complexity index is 1420. The van der Waals surface area contributed by atoms with Gasteiger partial charge in [-0.05, 0) is 35.9 Å². The summed E-state index contributed by atoms with van der Waals surface area (Å²) in [4.78, 5) is 4.32. The molecule has 0 atom stereocenters. The Morgan fingerprint density at radius 1 is 0.844 bits per heavy atom. The van der Waals surface area contributed by atoms with Gasteiger partial charge in [0.2, 0.25) is 0 Å². The van der Waals surface area contributed by atoms with Gasteiger partial charge in [-0.3, -0.25) is 4.98 Å². The molecule has 0 saturated carbocycles. The fraction of sp³-hybridized carbons (Fsp3) is 0. The van der Waals surface area contributed by atoms with Gasteiger partial charge in [-0.15, -0.1) is 0 Å². The molecule has 1 aromatic heterocycles. The highest BCUT2D eigenvalue weighted by atomic mass is 35.5. The number of para-hydroxylation sites is 1. The molecule has 4 aromatic rings. The average molecular weight is 459 g/mol. The second-order valence-electron chi connectivity index (χ2n) is 6.92. The summed E-state index contributed by atoms with van der Waals surface area (Å²) in [5.74, 6) is 0. The van der Waals surface area contributed by atoms with Crippen molar-refractivity contribution in [2.45, 2.75) is 4.90 Å². The first-order chi connectivity index (χ1) is 15.5. The van der Waals surface area contributed by atoms with Gasteiger partial charge in [-0.2, -0.15) is 12.8 Å². The fourth-order valence-electron chi connectivity index (χ4n) is 3.14. The van der Waals surface area contributed by atoms with Crippen LogP contribution >= 0.6 is 11.6 Å². The first-order valence-corrected chi connectivity index (χ1v) is 11.7. The molecule has 0 aliphatic heterocycles. The van der Waals surface area contributed by atoms with Gasteiger partial charge in [-0.25, -0.2) is 0 Å². The molecule has 0 radical (unpaired) electrons. The van der Waals surface area contributed by atoms with Crippen LogP contribution in [0.15, 0.2) is 119 Å². The minimum Gasteiger partial charge on any atom is -0.255 e. The molecule has 0 saturated heterocycles. The molecule has 0 amide bonds. The Morgan fingerprint density at radius 2 is 1.59 bits per heavy atom. The van der Waals surface area contributed by atoms with Crippen LogP contribution in [0.25, 0.3) is 17.0 Å². The van der Waals surface area contributed by atoms with E-state index in [9.17, 15) is 8.42 Å². The number of halogens is 1. The molecule has 3 aromatic carbocycles. The molecule has 0 N–H and O–H groups in total. The molecule has 158 valence electrons. The SMILES string of the molecule is O=S(=O)(/N=C(/C=C/C=C/c1ccccc1)c1ccc(Cl)cc1)c1cccc2cccnc12. The molecule has 4 rings (SSSR count). The van der Waals surface area contributed by atoms with Crippen molar-refractivity contribution >= 4 is 44.3 Å². The predicted molar refractivity (Wildman–Crippen MR) is 132 cm³/mol. The van der Waals surface area contributed by atoms with Gasteiger partial charge in [-0.1, -0.05) is 90.5 Å². The van der Waals surface area contributed by atoms with Crippen molar-refractivity contribution in [2.75, 3.05) is 0 Å². The van der Waals surface area contributed by atoms with Crippen molar-refractivity contribution in [3.8, 4) is 0 Å². The zero-order chi connectivity index (χ0) is 22.4. The number of pyridine rings is 1. The van der Waals surface area contributed by atoms with Gasteiger partial charge in [0.25, 0.3) is 10.0 Å². The summed E-state index contributed by atoms with van der Waals surface area (Å²) < 4.78 is 30.6. The zero-order valence-electron chi connectivity index (χ0n) is 17.0. The van der Waals surface area contributed by atoms with Crippen molar-refractivity contribution in [1.82, 2.24) is 4.98 Å². The van der Waals surface area contributed by atoms with Gasteiger partial charge in [0.1, 0.15) is 4.90 Å². The number of fused-ring (bicyclic) bond motifs is 1. The van der Waals surface area contributed by atoms with E-state index < -0.39 is 10.0 Å². The lowest BCUT2D eigenvalue weighted by atomic mass is 10.1. The first kappa shape index (κ1) is 21.7. The fourth-order valence-corrected chi connectivity index (χ4v) is 4.46. The molecule has 4 nitrogen and oxygen atoms in total. The number of aromatic nitrogens is 1. The van der Waals surface area contributed by atoms with Gasteiger partial charge >= 0.3 is 0 Å². The summed E-state index contributed by atoms with van der Waals surface area (Å²) in [5, 5.41) is 1.29. The Hall–Kier alpha value is -3.54. The largest absolute Gasteiger partial charge is 0.285 e. The van der Waals surface area contributed by atoms with E-state index in [1.54, 1.807) is 54.7 Å². The molecule has 0 bridgehead atoms. The number of benzene rings is 3. The zero-order valence-corrected chi connectivity index (χ0v) is 18.5. The van der Waals surface area contributed by atoms with Crippen LogP contribution in [0.3, 0.4) is 0 Å². The van der Waals surface area contributed by atoms with Crippen LogP contribution in [0.1, 0.15) is 11.1 Å². The summed E-state index contributed by atoms with van der Waals surface area (Å²) in [5.41, 5.74) is 2.36. The maximum Gasteiger partial charge on any atom is 0.285 e. The molecule has 6 heteroatoms. The van der Waals surface area contributed by atoms with E-state index in [-0.39, 0.29) is 4.90 Å². The van der Waals surface area contributed by atoms with Gasteiger partial charge in [0.15, 0.2) is 0 Å². The van der Waals surface area contributed by atoms with E-state index in [0.29, 0.717) is 21.8 Å². The molecular weight excluding hydrogens is 440 g/mol. The maximum absolute atomic E-state index is 13.2. The van der Waals surface area contributed by atoms with Crippen LogP contribution in [0.5, 0.6) is 0 Å². The Kier molecular flexibility index (Phi) is 6.59. The molecule has 0 spiro atoms. The Labute approximate surface area is 192 Å². The van der Waals surface area contributed by atoms with Crippen molar-refractivity contribution in [3.05, 3.63) is 126 Å². The highest BCUT2D eigenvalue weighted by Crippen LogP contribution is 2.23. The molecule has 1 heterocycles. The Balaban J connectivity index is 1.75. The van der Waals surface area contributed by atoms with Crippen molar-refractivity contribution < 1.29 is 8.42 Å². The second-order valence-corrected chi connectivity index (χ2v) is 8.93. The lowest BCUT2D eigenvalue weighted by Crippen LogP contribution is -2.05. The average Bonchev–Trinajstić information content (AvgIpc) is 2.82. The van der Waals surface area contributed by atoms with Crippen LogP contribution in [-0.4, -0.2) is 19.1 Å². The standard InChI is InChI=1S/C26H19ClN2O2S/c27-23-17-15-21(16-18-23)24(13-5-4-10-20-8-2-1-3-9-20)29-32(30,31)25-14-6-11-22-12-7-19-28-26(22)25/h1-19H/b10-4+,13-5+,29-24-. The highest BCUT2D eigenvalue weighted by Gasteiger charge is 2.18. The molecular formula is C26H19ClN2O2S. The normalized spacial score (nSPS) is 12.7. The smallest absolute Gasteiger partial charge is 0.255 e. The first-order valence-electron chi connectivity index (χ1n) is 9.87. The minimum atomic E-state index is -4.02. The van der Waals surface area contributed by atoms with Crippen molar-refractivity contribution in [2.24, 2.45) is 4.40 Å². The maximum atomic E-state index is 13.2. The second kappa shape index (κ2) is 9.73. The summed E-state index contributed by atoms with van der Waals surface area (Å²) >= 11 is 6.01. The third kappa shape index (κ3) is 5.19. The van der Waals surface area contributed by atoms with E-state index in [4.69, 9.17) is 11.6 Å². The van der Waals surface area contributed by atoms with Crippen LogP contribution in [-0.2, 0) is 10.0 Å². The number of nitrogens with zero attached hydrogens (tertiary/aromatic N) is 2. The predicted octanol–water partition coefficient (Wildman–Crippen LogP) is 6.34. The van der Waals surface area contributed by atoms with Crippen LogP contribution in [0, 0.1) is 0 Å². The number of hydrogen-bond donors (Lipinski definition) is 0. The quantitative estimate of drug-likeness (QED) is 0.250. The van der Waals surface area contributed by atoms with E-state index in [1.807, 2.05) is 54.6 Å². The van der Waals surface area contributed by atoms with Gasteiger partial charge in [0, 0.05) is 22.2 Å². The topological polar surface area (TPSA) is 59.4 Å². The van der Waals surface area contributed by atoms with Crippen LogP contribution in [0.4, 0.5) is 0 Å². The lowest BCUT2D eigenvalue weighted by Gasteiger charge is -2.06. The third-order valence-corrected chi connectivity index (χ3v) is 6.26. The summed E-state index contributed by atoms with van der Waals surface area (Å²) in [7, 11) is -4.02. The van der Waals surface area contributed by atoms with E-state index in [0.717, 1.165) is 10.9 Å². The molecule has 0 fully saturated rings.